The van der Waals surface area contributed by atoms with E-state index in [1.807, 2.05) is 0 Å². The van der Waals surface area contributed by atoms with Crippen molar-refractivity contribution in [2.45, 2.75) is 38.7 Å². The maximum absolute atomic E-state index is 5.72. The summed E-state index contributed by atoms with van der Waals surface area (Å²) in [6, 6.07) is 0. The minimum absolute atomic E-state index is 0.234. The third-order valence-corrected chi connectivity index (χ3v) is 2.86. The van der Waals surface area contributed by atoms with Crippen molar-refractivity contribution in [1.82, 2.24) is 0 Å². The van der Waals surface area contributed by atoms with Crippen LogP contribution >= 0.6 is 0 Å². The Balaban J connectivity index is 1.85. The lowest BCUT2D eigenvalue weighted by molar-refractivity contribution is -0.0381. The molecule has 4 nitrogen and oxygen atoms in total. The van der Waals surface area contributed by atoms with Crippen LogP contribution in [-0.4, -0.2) is 52.4 Å². The highest BCUT2D eigenvalue weighted by Gasteiger charge is 2.09. The second-order valence-electron chi connectivity index (χ2n) is 4.63. The Kier molecular flexibility index (Phi) is 11.0. The number of hydrogen-bond donors (Lipinski definition) is 0. The molecule has 0 aromatic carbocycles. The van der Waals surface area contributed by atoms with Gasteiger partial charge in [0.1, 0.15) is 0 Å². The van der Waals surface area contributed by atoms with Crippen LogP contribution in [0.4, 0.5) is 0 Å². The van der Waals surface area contributed by atoms with Crippen LogP contribution in [0.5, 0.6) is 0 Å². The zero-order valence-corrected chi connectivity index (χ0v) is 12.1. The SMILES string of the molecule is CCCOCCOCCOC[C@@H]1CC/C=C/CCO1. The maximum Gasteiger partial charge on any atom is 0.0811 e. The van der Waals surface area contributed by atoms with Crippen LogP contribution in [-0.2, 0) is 18.9 Å². The van der Waals surface area contributed by atoms with Crippen LogP contribution in [0, 0.1) is 0 Å². The first-order valence-corrected chi connectivity index (χ1v) is 7.43. The van der Waals surface area contributed by atoms with Crippen LogP contribution in [0.25, 0.3) is 0 Å². The summed E-state index contributed by atoms with van der Waals surface area (Å²) in [5, 5.41) is 0. The van der Waals surface area contributed by atoms with E-state index in [4.69, 9.17) is 18.9 Å². The van der Waals surface area contributed by atoms with Crippen LogP contribution in [0.2, 0.25) is 0 Å². The molecule has 0 N–H and O–H groups in total. The fourth-order valence-electron chi connectivity index (χ4n) is 1.83. The van der Waals surface area contributed by atoms with E-state index in [9.17, 15) is 0 Å². The van der Waals surface area contributed by atoms with Gasteiger partial charge in [-0.15, -0.1) is 0 Å². The Bertz CT molecular complexity index is 218. The van der Waals surface area contributed by atoms with Gasteiger partial charge in [0.25, 0.3) is 0 Å². The molecule has 0 amide bonds. The van der Waals surface area contributed by atoms with Crippen molar-refractivity contribution in [1.29, 1.82) is 0 Å². The molecule has 0 unspecified atom stereocenters. The van der Waals surface area contributed by atoms with Crippen molar-refractivity contribution in [3.8, 4) is 0 Å². The first kappa shape index (κ1) is 16.6. The predicted molar refractivity (Wildman–Crippen MR) is 75.5 cm³/mol. The molecule has 0 fully saturated rings. The van der Waals surface area contributed by atoms with Gasteiger partial charge in [0.15, 0.2) is 0 Å². The van der Waals surface area contributed by atoms with Crippen molar-refractivity contribution in [2.24, 2.45) is 0 Å². The molecule has 1 heterocycles. The third kappa shape index (κ3) is 10.1. The highest BCUT2D eigenvalue weighted by molar-refractivity contribution is 4.84. The summed E-state index contributed by atoms with van der Waals surface area (Å²) in [4.78, 5) is 0. The van der Waals surface area contributed by atoms with Gasteiger partial charge in [-0.3, -0.25) is 0 Å². The normalized spacial score (nSPS) is 21.8. The van der Waals surface area contributed by atoms with Crippen molar-refractivity contribution < 1.29 is 18.9 Å². The highest BCUT2D eigenvalue weighted by Crippen LogP contribution is 2.08. The fraction of sp³-hybridized carbons (Fsp3) is 0.867. The average molecular weight is 272 g/mol. The standard InChI is InChI=1S/C15H28O4/c1-2-8-16-10-11-17-12-13-18-14-15-7-5-3-4-6-9-19-15/h3-4,15H,2,5-14H2,1H3/b4-3+/t15-/m0/s1. The molecular formula is C15H28O4. The summed E-state index contributed by atoms with van der Waals surface area (Å²) in [6.07, 6.45) is 8.84. The van der Waals surface area contributed by atoms with Gasteiger partial charge in [-0.1, -0.05) is 19.1 Å². The molecule has 0 saturated heterocycles. The van der Waals surface area contributed by atoms with Crippen LogP contribution in [0.1, 0.15) is 32.6 Å². The summed E-state index contributed by atoms with van der Waals surface area (Å²) in [5.41, 5.74) is 0. The second-order valence-corrected chi connectivity index (χ2v) is 4.63. The molecular weight excluding hydrogens is 244 g/mol. The van der Waals surface area contributed by atoms with E-state index in [1.54, 1.807) is 0 Å². The summed E-state index contributed by atoms with van der Waals surface area (Å²) in [7, 11) is 0. The Morgan fingerprint density at radius 2 is 1.63 bits per heavy atom. The zero-order valence-electron chi connectivity index (χ0n) is 12.1. The smallest absolute Gasteiger partial charge is 0.0811 e. The van der Waals surface area contributed by atoms with Crippen molar-refractivity contribution in [2.75, 3.05) is 46.2 Å². The average Bonchev–Trinajstić information content (AvgIpc) is 2.39. The van der Waals surface area contributed by atoms with E-state index in [0.717, 1.165) is 38.9 Å². The molecule has 0 radical (unpaired) electrons. The lowest BCUT2D eigenvalue weighted by atomic mass is 10.1. The molecule has 1 aliphatic heterocycles. The summed E-state index contributed by atoms with van der Waals surface area (Å²) in [6.45, 7) is 6.96. The van der Waals surface area contributed by atoms with E-state index >= 15 is 0 Å². The molecule has 0 aromatic rings. The molecule has 19 heavy (non-hydrogen) atoms. The topological polar surface area (TPSA) is 36.9 Å². The van der Waals surface area contributed by atoms with Crippen LogP contribution in [0.3, 0.4) is 0 Å². The molecule has 0 aromatic heterocycles. The van der Waals surface area contributed by atoms with Crippen molar-refractivity contribution in [3.63, 3.8) is 0 Å². The largest absolute Gasteiger partial charge is 0.379 e. The van der Waals surface area contributed by atoms with E-state index in [0.29, 0.717) is 33.0 Å². The predicted octanol–water partition coefficient (Wildman–Crippen LogP) is 2.57. The Morgan fingerprint density at radius 3 is 2.42 bits per heavy atom. The first-order chi connectivity index (χ1) is 9.43. The Hall–Kier alpha value is -0.420. The molecule has 1 rings (SSSR count). The number of hydrogen-bond acceptors (Lipinski definition) is 4. The van der Waals surface area contributed by atoms with E-state index in [1.165, 1.54) is 0 Å². The minimum atomic E-state index is 0.234. The third-order valence-electron chi connectivity index (χ3n) is 2.86. The van der Waals surface area contributed by atoms with E-state index < -0.39 is 0 Å². The van der Waals surface area contributed by atoms with Crippen molar-refractivity contribution in [3.05, 3.63) is 12.2 Å². The first-order valence-electron chi connectivity index (χ1n) is 7.43. The van der Waals surface area contributed by atoms with Gasteiger partial charge in [-0.2, -0.15) is 0 Å². The fourth-order valence-corrected chi connectivity index (χ4v) is 1.83. The maximum atomic E-state index is 5.72. The number of rotatable bonds is 10. The Morgan fingerprint density at radius 1 is 0.947 bits per heavy atom. The quantitative estimate of drug-likeness (QED) is 0.452. The highest BCUT2D eigenvalue weighted by atomic mass is 16.6. The van der Waals surface area contributed by atoms with Gasteiger partial charge >= 0.3 is 0 Å². The van der Waals surface area contributed by atoms with Gasteiger partial charge < -0.3 is 18.9 Å². The summed E-state index contributed by atoms with van der Waals surface area (Å²) < 4.78 is 22.0. The van der Waals surface area contributed by atoms with Gasteiger partial charge in [-0.05, 0) is 25.7 Å². The van der Waals surface area contributed by atoms with Gasteiger partial charge in [0, 0.05) is 6.61 Å². The molecule has 112 valence electrons. The number of ether oxygens (including phenoxy) is 4. The van der Waals surface area contributed by atoms with Crippen LogP contribution < -0.4 is 0 Å². The van der Waals surface area contributed by atoms with Crippen molar-refractivity contribution >= 4 is 0 Å². The molecule has 1 aliphatic rings. The Labute approximate surface area is 117 Å². The van der Waals surface area contributed by atoms with Gasteiger partial charge in [0.05, 0.1) is 45.7 Å². The molecule has 0 bridgehead atoms. The molecule has 1 atom stereocenters. The van der Waals surface area contributed by atoms with Gasteiger partial charge in [0.2, 0.25) is 0 Å². The lowest BCUT2D eigenvalue weighted by Crippen LogP contribution is -2.22. The monoisotopic (exact) mass is 272 g/mol. The molecule has 4 heteroatoms. The molecule has 0 aliphatic carbocycles. The molecule has 0 spiro atoms. The second kappa shape index (κ2) is 12.6. The van der Waals surface area contributed by atoms with Gasteiger partial charge in [-0.25, -0.2) is 0 Å². The number of allylic oxidation sites excluding steroid dienone is 1. The van der Waals surface area contributed by atoms with E-state index in [2.05, 4.69) is 19.1 Å². The molecule has 0 saturated carbocycles. The zero-order chi connectivity index (χ0) is 13.6. The van der Waals surface area contributed by atoms with E-state index in [-0.39, 0.29) is 6.10 Å². The minimum Gasteiger partial charge on any atom is -0.379 e. The summed E-state index contributed by atoms with van der Waals surface area (Å²) in [5.74, 6) is 0. The summed E-state index contributed by atoms with van der Waals surface area (Å²) >= 11 is 0. The van der Waals surface area contributed by atoms with Crippen LogP contribution in [0.15, 0.2) is 12.2 Å². The lowest BCUT2D eigenvalue weighted by Gasteiger charge is -2.18.